The molecule has 2 rings (SSSR count). The van der Waals surface area contributed by atoms with Crippen LogP contribution in [0.4, 0.5) is 0 Å². The third kappa shape index (κ3) is 4.06. The second-order valence-corrected chi connectivity index (χ2v) is 5.18. The lowest BCUT2D eigenvalue weighted by Crippen LogP contribution is -2.05. The van der Waals surface area contributed by atoms with E-state index in [0.717, 1.165) is 10.6 Å². The van der Waals surface area contributed by atoms with Gasteiger partial charge in [-0.25, -0.2) is 14.6 Å². The first kappa shape index (κ1) is 15.1. The van der Waals surface area contributed by atoms with Gasteiger partial charge in [0.15, 0.2) is 0 Å². The Morgan fingerprint density at radius 3 is 2.71 bits per heavy atom. The number of carboxylic acid groups (broad SMARTS) is 1. The maximum atomic E-state index is 11.4. The summed E-state index contributed by atoms with van der Waals surface area (Å²) in [5, 5.41) is 8.95. The molecule has 5 nitrogen and oxygen atoms in total. The highest BCUT2D eigenvalue weighted by atomic mass is 32.2. The predicted molar refractivity (Wildman–Crippen MR) is 78.5 cm³/mol. The first-order valence-corrected chi connectivity index (χ1v) is 7.09. The van der Waals surface area contributed by atoms with Crippen LogP contribution >= 0.6 is 11.8 Å². The van der Waals surface area contributed by atoms with Crippen LogP contribution < -0.4 is 0 Å². The highest BCUT2D eigenvalue weighted by Gasteiger charge is 2.08. The number of thioether (sulfide) groups is 1. The van der Waals surface area contributed by atoms with E-state index in [9.17, 15) is 9.59 Å². The Kier molecular flexibility index (Phi) is 4.94. The number of carbonyl (C=O) groups is 2. The van der Waals surface area contributed by atoms with Crippen molar-refractivity contribution in [1.82, 2.24) is 4.98 Å². The monoisotopic (exact) mass is 303 g/mol. The topological polar surface area (TPSA) is 76.5 Å². The van der Waals surface area contributed by atoms with E-state index in [4.69, 9.17) is 5.11 Å². The van der Waals surface area contributed by atoms with E-state index in [1.807, 2.05) is 6.07 Å². The van der Waals surface area contributed by atoms with E-state index in [2.05, 4.69) is 9.72 Å². The lowest BCUT2D eigenvalue weighted by molar-refractivity contribution is 0.0593. The number of carbonyl (C=O) groups excluding carboxylic acids is 1. The summed E-state index contributed by atoms with van der Waals surface area (Å²) in [4.78, 5) is 27.3. The molecule has 1 aromatic carbocycles. The predicted octanol–water partition coefficient (Wildman–Crippen LogP) is 2.86. The van der Waals surface area contributed by atoms with Gasteiger partial charge in [0.05, 0.1) is 18.4 Å². The fourth-order valence-corrected chi connectivity index (χ4v) is 2.51. The third-order valence-corrected chi connectivity index (χ3v) is 3.70. The summed E-state index contributed by atoms with van der Waals surface area (Å²) in [6.07, 6.45) is 0. The van der Waals surface area contributed by atoms with Crippen LogP contribution in [0.2, 0.25) is 0 Å². The van der Waals surface area contributed by atoms with Crippen molar-refractivity contribution >= 4 is 23.7 Å². The number of carboxylic acids is 1. The molecule has 0 spiro atoms. The molecule has 0 saturated carbocycles. The van der Waals surface area contributed by atoms with Crippen LogP contribution in [0.15, 0.2) is 47.4 Å². The number of pyridine rings is 1. The molecule has 0 atom stereocenters. The van der Waals surface area contributed by atoms with E-state index >= 15 is 0 Å². The number of benzene rings is 1. The molecule has 0 aliphatic carbocycles. The van der Waals surface area contributed by atoms with Gasteiger partial charge >= 0.3 is 11.9 Å². The van der Waals surface area contributed by atoms with E-state index in [1.54, 1.807) is 36.4 Å². The summed E-state index contributed by atoms with van der Waals surface area (Å²) >= 11 is 1.46. The summed E-state index contributed by atoms with van der Waals surface area (Å²) < 4.78 is 4.62. The van der Waals surface area contributed by atoms with Gasteiger partial charge in [-0.15, -0.1) is 11.8 Å². The van der Waals surface area contributed by atoms with Crippen molar-refractivity contribution in [1.29, 1.82) is 0 Å². The zero-order valence-electron chi connectivity index (χ0n) is 11.3. The summed E-state index contributed by atoms with van der Waals surface area (Å²) in [5.41, 5.74) is 1.23. The van der Waals surface area contributed by atoms with Crippen LogP contribution in [0.5, 0.6) is 0 Å². The molecule has 0 saturated heterocycles. The number of hydrogen-bond donors (Lipinski definition) is 1. The molecule has 0 aliphatic rings. The SMILES string of the molecule is COC(=O)c1cccc(CSc2cccc(C(=O)O)c2)n1. The Morgan fingerprint density at radius 1 is 1.24 bits per heavy atom. The Hall–Kier alpha value is -2.34. The normalized spacial score (nSPS) is 10.1. The summed E-state index contributed by atoms with van der Waals surface area (Å²) in [5.74, 6) is -0.897. The van der Waals surface area contributed by atoms with E-state index in [-0.39, 0.29) is 11.3 Å². The largest absolute Gasteiger partial charge is 0.478 e. The Bertz CT molecular complexity index is 672. The van der Waals surface area contributed by atoms with Gasteiger partial charge in [0.2, 0.25) is 0 Å². The van der Waals surface area contributed by atoms with Gasteiger partial charge in [0.25, 0.3) is 0 Å². The van der Waals surface area contributed by atoms with Gasteiger partial charge < -0.3 is 9.84 Å². The lowest BCUT2D eigenvalue weighted by atomic mass is 10.2. The molecule has 0 radical (unpaired) electrons. The number of aromatic nitrogens is 1. The molecule has 1 heterocycles. The molecule has 108 valence electrons. The lowest BCUT2D eigenvalue weighted by Gasteiger charge is -2.04. The number of hydrogen-bond acceptors (Lipinski definition) is 5. The third-order valence-electron chi connectivity index (χ3n) is 2.67. The van der Waals surface area contributed by atoms with Gasteiger partial charge in [-0.3, -0.25) is 0 Å². The van der Waals surface area contributed by atoms with Gasteiger partial charge in [-0.05, 0) is 30.3 Å². The maximum absolute atomic E-state index is 11.4. The highest BCUT2D eigenvalue weighted by Crippen LogP contribution is 2.23. The number of methoxy groups -OCH3 is 1. The fourth-order valence-electron chi connectivity index (χ4n) is 1.65. The average Bonchev–Trinajstić information content (AvgIpc) is 2.52. The molecule has 21 heavy (non-hydrogen) atoms. The van der Waals surface area contributed by atoms with Crippen LogP contribution in [0.3, 0.4) is 0 Å². The number of ether oxygens (including phenoxy) is 1. The molecule has 0 bridgehead atoms. The summed E-state index contributed by atoms with van der Waals surface area (Å²) in [6, 6.07) is 11.8. The molecule has 6 heteroatoms. The molecular weight excluding hydrogens is 290 g/mol. The maximum Gasteiger partial charge on any atom is 0.356 e. The van der Waals surface area contributed by atoms with Crippen LogP contribution in [0, 0.1) is 0 Å². The second-order valence-electron chi connectivity index (χ2n) is 4.13. The molecule has 0 unspecified atom stereocenters. The quantitative estimate of drug-likeness (QED) is 0.676. The van der Waals surface area contributed by atoms with Crippen molar-refractivity contribution in [3.63, 3.8) is 0 Å². The Morgan fingerprint density at radius 2 is 2.00 bits per heavy atom. The minimum atomic E-state index is -0.955. The van der Waals surface area contributed by atoms with E-state index in [0.29, 0.717) is 5.75 Å². The van der Waals surface area contributed by atoms with Crippen molar-refractivity contribution in [2.24, 2.45) is 0 Å². The van der Waals surface area contributed by atoms with Crippen LogP contribution in [-0.4, -0.2) is 29.1 Å². The zero-order chi connectivity index (χ0) is 15.2. The minimum absolute atomic E-state index is 0.247. The Labute approximate surface area is 126 Å². The van der Waals surface area contributed by atoms with Gasteiger partial charge in [-0.2, -0.15) is 0 Å². The van der Waals surface area contributed by atoms with Crippen LogP contribution in [0.1, 0.15) is 26.5 Å². The van der Waals surface area contributed by atoms with Crippen LogP contribution in [-0.2, 0) is 10.5 Å². The highest BCUT2D eigenvalue weighted by molar-refractivity contribution is 7.98. The molecule has 2 aromatic rings. The first-order chi connectivity index (χ1) is 10.1. The molecule has 0 amide bonds. The Balaban J connectivity index is 2.08. The molecule has 1 N–H and O–H groups in total. The second kappa shape index (κ2) is 6.90. The van der Waals surface area contributed by atoms with Crippen molar-refractivity contribution < 1.29 is 19.4 Å². The average molecular weight is 303 g/mol. The van der Waals surface area contributed by atoms with E-state index in [1.165, 1.54) is 18.9 Å². The van der Waals surface area contributed by atoms with Crippen molar-refractivity contribution in [2.45, 2.75) is 10.6 Å². The van der Waals surface area contributed by atoms with E-state index < -0.39 is 11.9 Å². The number of nitrogens with zero attached hydrogens (tertiary/aromatic N) is 1. The van der Waals surface area contributed by atoms with Crippen LogP contribution in [0.25, 0.3) is 0 Å². The van der Waals surface area contributed by atoms with Gasteiger partial charge in [0.1, 0.15) is 5.69 Å². The number of aromatic carboxylic acids is 1. The van der Waals surface area contributed by atoms with Gasteiger partial charge in [-0.1, -0.05) is 12.1 Å². The van der Waals surface area contributed by atoms with Crippen molar-refractivity contribution in [3.05, 3.63) is 59.4 Å². The van der Waals surface area contributed by atoms with Gasteiger partial charge in [0, 0.05) is 10.6 Å². The molecule has 0 fully saturated rings. The first-order valence-electron chi connectivity index (χ1n) is 6.10. The molecular formula is C15H13NO4S. The standard InChI is InChI=1S/C15H13NO4S/c1-20-15(19)13-7-3-5-11(16-13)9-21-12-6-2-4-10(8-12)14(17)18/h2-8H,9H2,1H3,(H,17,18). The minimum Gasteiger partial charge on any atom is -0.478 e. The molecule has 1 aromatic heterocycles. The smallest absolute Gasteiger partial charge is 0.356 e. The van der Waals surface area contributed by atoms with Crippen molar-refractivity contribution in [3.8, 4) is 0 Å². The summed E-state index contributed by atoms with van der Waals surface area (Å²) in [7, 11) is 1.31. The number of rotatable bonds is 5. The van der Waals surface area contributed by atoms with Crippen molar-refractivity contribution in [2.75, 3.05) is 7.11 Å². The number of esters is 1. The molecule has 0 aliphatic heterocycles. The zero-order valence-corrected chi connectivity index (χ0v) is 12.1. The fraction of sp³-hybridized carbons (Fsp3) is 0.133. The summed E-state index contributed by atoms with van der Waals surface area (Å²) in [6.45, 7) is 0.